The Morgan fingerprint density at radius 2 is 2.06 bits per heavy atom. The minimum absolute atomic E-state index is 0.0698. The highest BCUT2D eigenvalue weighted by Gasteiger charge is 2.30. The third-order valence-electron chi connectivity index (χ3n) is 1.85. The zero-order valence-corrected chi connectivity index (χ0v) is 8.75. The molecule has 17 heavy (non-hydrogen) atoms. The quantitative estimate of drug-likeness (QED) is 0.636. The van der Waals surface area contributed by atoms with Crippen molar-refractivity contribution < 1.29 is 23.1 Å². The van der Waals surface area contributed by atoms with E-state index in [1.165, 1.54) is 19.1 Å². The number of nitrogens with one attached hydrogen (secondary N) is 1. The Morgan fingerprint density at radius 3 is 2.59 bits per heavy atom. The molecule has 0 heterocycles. The third kappa shape index (κ3) is 3.78. The second kappa shape index (κ2) is 4.86. The molecule has 0 aliphatic carbocycles. The molecule has 92 valence electrons. The van der Waals surface area contributed by atoms with Gasteiger partial charge in [0.2, 0.25) is 0 Å². The molecule has 0 unspecified atom stereocenters. The van der Waals surface area contributed by atoms with Gasteiger partial charge in [0.05, 0.1) is 11.3 Å². The molecule has 7 heteroatoms. The van der Waals surface area contributed by atoms with E-state index in [2.05, 4.69) is 10.5 Å². The molecule has 0 spiro atoms. The van der Waals surface area contributed by atoms with Gasteiger partial charge in [-0.2, -0.15) is 18.3 Å². The molecule has 0 saturated carbocycles. The number of carboxylic acid groups (broad SMARTS) is 1. The number of alkyl halides is 3. The van der Waals surface area contributed by atoms with Crippen LogP contribution in [0.25, 0.3) is 0 Å². The number of carbonyl (C=O) groups is 1. The summed E-state index contributed by atoms with van der Waals surface area (Å²) in [5.74, 6) is -1.25. The van der Waals surface area contributed by atoms with Crippen LogP contribution in [-0.2, 0) is 11.0 Å². The van der Waals surface area contributed by atoms with E-state index < -0.39 is 17.7 Å². The predicted octanol–water partition coefficient (Wildman–Crippen LogP) is 2.58. The summed E-state index contributed by atoms with van der Waals surface area (Å²) >= 11 is 0. The first-order valence-corrected chi connectivity index (χ1v) is 4.51. The monoisotopic (exact) mass is 246 g/mol. The number of anilines is 1. The number of hydrogen-bond donors (Lipinski definition) is 2. The number of rotatable bonds is 3. The van der Waals surface area contributed by atoms with E-state index in [0.29, 0.717) is 0 Å². The van der Waals surface area contributed by atoms with Gasteiger partial charge < -0.3 is 5.11 Å². The maximum absolute atomic E-state index is 12.3. The highest BCUT2D eigenvalue weighted by Crippen LogP contribution is 2.30. The summed E-state index contributed by atoms with van der Waals surface area (Å²) < 4.78 is 37.0. The zero-order valence-electron chi connectivity index (χ0n) is 8.75. The van der Waals surface area contributed by atoms with Crippen molar-refractivity contribution in [3.05, 3.63) is 29.8 Å². The van der Waals surface area contributed by atoms with Crippen LogP contribution in [0.3, 0.4) is 0 Å². The molecule has 2 N–H and O–H groups in total. The zero-order chi connectivity index (χ0) is 13.1. The average Bonchev–Trinajstić information content (AvgIpc) is 2.25. The summed E-state index contributed by atoms with van der Waals surface area (Å²) in [6.45, 7) is 1.23. The van der Waals surface area contributed by atoms with Crippen LogP contribution >= 0.6 is 0 Å². The first-order valence-electron chi connectivity index (χ1n) is 4.51. The van der Waals surface area contributed by atoms with Gasteiger partial charge in [0.25, 0.3) is 0 Å². The Kier molecular flexibility index (Phi) is 3.72. The minimum Gasteiger partial charge on any atom is -0.477 e. The van der Waals surface area contributed by atoms with E-state index >= 15 is 0 Å². The average molecular weight is 246 g/mol. The molecule has 0 fully saturated rings. The molecule has 4 nitrogen and oxygen atoms in total. The Hall–Kier alpha value is -2.05. The van der Waals surface area contributed by atoms with Crippen LogP contribution in [0.1, 0.15) is 12.5 Å². The summed E-state index contributed by atoms with van der Waals surface area (Å²) in [5.41, 5.74) is 1.24. The smallest absolute Gasteiger partial charge is 0.416 e. The van der Waals surface area contributed by atoms with Crippen molar-refractivity contribution in [2.45, 2.75) is 13.1 Å². The number of aliphatic carboxylic acids is 1. The molecular weight excluding hydrogens is 237 g/mol. The number of halogens is 3. The first-order chi connectivity index (χ1) is 7.80. The van der Waals surface area contributed by atoms with E-state index in [0.717, 1.165) is 12.1 Å². The van der Waals surface area contributed by atoms with Crippen molar-refractivity contribution in [3.8, 4) is 0 Å². The lowest BCUT2D eigenvalue weighted by molar-refractivity contribution is -0.137. The lowest BCUT2D eigenvalue weighted by Gasteiger charge is -2.08. The highest BCUT2D eigenvalue weighted by atomic mass is 19.4. The van der Waals surface area contributed by atoms with Crippen molar-refractivity contribution in [1.29, 1.82) is 0 Å². The molecule has 0 radical (unpaired) electrons. The fourth-order valence-corrected chi connectivity index (χ4v) is 0.961. The molecule has 0 saturated heterocycles. The van der Waals surface area contributed by atoms with Gasteiger partial charge in [0.1, 0.15) is 5.71 Å². The number of hydrogen-bond acceptors (Lipinski definition) is 3. The Labute approximate surface area is 94.8 Å². The predicted molar refractivity (Wildman–Crippen MR) is 55.8 cm³/mol. The molecule has 0 aliphatic rings. The summed E-state index contributed by atoms with van der Waals surface area (Å²) in [4.78, 5) is 10.4. The van der Waals surface area contributed by atoms with Gasteiger partial charge in [-0.3, -0.25) is 5.43 Å². The number of nitrogens with zero attached hydrogens (tertiary/aromatic N) is 1. The van der Waals surface area contributed by atoms with E-state index in [-0.39, 0.29) is 11.4 Å². The van der Waals surface area contributed by atoms with Crippen molar-refractivity contribution in [2.24, 2.45) is 5.10 Å². The summed E-state index contributed by atoms with van der Waals surface area (Å²) in [6, 6.07) is 4.32. The van der Waals surface area contributed by atoms with Crippen LogP contribution in [0.4, 0.5) is 18.9 Å². The summed E-state index contributed by atoms with van der Waals surface area (Å²) in [7, 11) is 0. The molecule has 0 amide bonds. The number of hydrazone groups is 1. The molecule has 0 atom stereocenters. The van der Waals surface area contributed by atoms with Gasteiger partial charge in [-0.1, -0.05) is 6.07 Å². The fraction of sp³-hybridized carbons (Fsp3) is 0.200. The number of carboxylic acids is 1. The van der Waals surface area contributed by atoms with Crippen molar-refractivity contribution in [2.75, 3.05) is 5.43 Å². The molecule has 1 aromatic rings. The van der Waals surface area contributed by atoms with Gasteiger partial charge in [0.15, 0.2) is 0 Å². The van der Waals surface area contributed by atoms with E-state index in [1.807, 2.05) is 0 Å². The Bertz CT molecular complexity index is 455. The van der Waals surface area contributed by atoms with Crippen LogP contribution in [0.15, 0.2) is 29.4 Å². The lowest BCUT2D eigenvalue weighted by Crippen LogP contribution is -2.10. The first kappa shape index (κ1) is 13.0. The largest absolute Gasteiger partial charge is 0.477 e. The number of benzene rings is 1. The van der Waals surface area contributed by atoms with Crippen LogP contribution in [0.5, 0.6) is 0 Å². The topological polar surface area (TPSA) is 61.7 Å². The van der Waals surface area contributed by atoms with Crippen LogP contribution in [0, 0.1) is 0 Å². The summed E-state index contributed by atoms with van der Waals surface area (Å²) in [5, 5.41) is 11.9. The molecular formula is C10H9F3N2O2. The highest BCUT2D eigenvalue weighted by molar-refractivity contribution is 6.34. The van der Waals surface area contributed by atoms with E-state index in [1.54, 1.807) is 0 Å². The van der Waals surface area contributed by atoms with Crippen molar-refractivity contribution >= 4 is 17.4 Å². The van der Waals surface area contributed by atoms with Crippen molar-refractivity contribution in [1.82, 2.24) is 0 Å². The van der Waals surface area contributed by atoms with Crippen LogP contribution in [-0.4, -0.2) is 16.8 Å². The standard InChI is InChI=1S/C10H9F3N2O2/c1-6(9(16)17)14-15-8-4-2-3-7(5-8)10(11,12)13/h2-5,15H,1H3,(H,16,17). The van der Waals surface area contributed by atoms with Crippen molar-refractivity contribution in [3.63, 3.8) is 0 Å². The second-order valence-electron chi connectivity index (χ2n) is 3.19. The van der Waals surface area contributed by atoms with Gasteiger partial charge in [-0.05, 0) is 25.1 Å². The SMILES string of the molecule is CC(=NNc1cccc(C(F)(F)F)c1)C(=O)O. The molecule has 1 aromatic carbocycles. The maximum atomic E-state index is 12.3. The van der Waals surface area contributed by atoms with Gasteiger partial charge in [0, 0.05) is 0 Å². The fourth-order valence-electron chi connectivity index (χ4n) is 0.961. The normalized spacial score (nSPS) is 12.4. The van der Waals surface area contributed by atoms with Gasteiger partial charge >= 0.3 is 12.1 Å². The minimum atomic E-state index is -4.44. The maximum Gasteiger partial charge on any atom is 0.416 e. The molecule has 0 aliphatic heterocycles. The van der Waals surface area contributed by atoms with E-state index in [9.17, 15) is 18.0 Å². The second-order valence-corrected chi connectivity index (χ2v) is 3.19. The van der Waals surface area contributed by atoms with Crippen LogP contribution in [0.2, 0.25) is 0 Å². The molecule has 0 aromatic heterocycles. The van der Waals surface area contributed by atoms with Crippen LogP contribution < -0.4 is 5.43 Å². The Balaban J connectivity index is 2.87. The van der Waals surface area contributed by atoms with E-state index in [4.69, 9.17) is 5.11 Å². The molecule has 1 rings (SSSR count). The third-order valence-corrected chi connectivity index (χ3v) is 1.85. The van der Waals surface area contributed by atoms with Gasteiger partial charge in [-0.15, -0.1) is 0 Å². The lowest BCUT2D eigenvalue weighted by atomic mass is 10.2. The molecule has 0 bridgehead atoms. The Morgan fingerprint density at radius 1 is 1.41 bits per heavy atom. The van der Waals surface area contributed by atoms with Gasteiger partial charge in [-0.25, -0.2) is 4.79 Å². The summed E-state index contributed by atoms with van der Waals surface area (Å²) in [6.07, 6.45) is -4.44.